The lowest BCUT2D eigenvalue weighted by atomic mass is 10.1. The van der Waals surface area contributed by atoms with Crippen molar-refractivity contribution in [2.45, 2.75) is 32.7 Å². The molecule has 0 amide bonds. The molecule has 4 heteroatoms. The summed E-state index contributed by atoms with van der Waals surface area (Å²) >= 11 is 5.91. The van der Waals surface area contributed by atoms with Gasteiger partial charge in [-0.05, 0) is 56.0 Å². The Morgan fingerprint density at radius 1 is 1.30 bits per heavy atom. The molecule has 3 nitrogen and oxygen atoms in total. The molecule has 1 aromatic heterocycles. The maximum Gasteiger partial charge on any atom is 0.132 e. The maximum absolute atomic E-state index is 9.25. The summed E-state index contributed by atoms with van der Waals surface area (Å²) in [7, 11) is 0. The Morgan fingerprint density at radius 2 is 2.00 bits per heavy atom. The van der Waals surface area contributed by atoms with E-state index in [4.69, 9.17) is 11.6 Å². The average Bonchev–Trinajstić information content (AvgIpc) is 2.42. The number of nitrogens with zero attached hydrogens (tertiary/aromatic N) is 1. The van der Waals surface area contributed by atoms with Crippen molar-refractivity contribution in [2.24, 2.45) is 0 Å². The van der Waals surface area contributed by atoms with Gasteiger partial charge < -0.3 is 10.4 Å². The number of nitrogens with one attached hydrogen (secondary N) is 1. The summed E-state index contributed by atoms with van der Waals surface area (Å²) in [4.78, 5) is 4.13. The van der Waals surface area contributed by atoms with Crippen LogP contribution in [0.3, 0.4) is 0 Å². The van der Waals surface area contributed by atoms with Gasteiger partial charge in [-0.3, -0.25) is 0 Å². The zero-order chi connectivity index (χ0) is 14.5. The number of benzene rings is 1. The largest absolute Gasteiger partial charge is 0.508 e. The molecule has 20 heavy (non-hydrogen) atoms. The molecule has 0 spiro atoms. The fourth-order valence-corrected chi connectivity index (χ4v) is 2.14. The van der Waals surface area contributed by atoms with E-state index in [9.17, 15) is 5.11 Å². The minimum absolute atomic E-state index is 0.308. The summed E-state index contributed by atoms with van der Waals surface area (Å²) in [5.41, 5.74) is 3.19. The monoisotopic (exact) mass is 290 g/mol. The second-order valence-electron chi connectivity index (χ2n) is 5.08. The molecule has 1 heterocycles. The Bertz CT molecular complexity index is 569. The van der Waals surface area contributed by atoms with Crippen LogP contribution in [0, 0.1) is 6.92 Å². The standard InChI is InChI=1S/C16H19ClN2O/c1-11-9-14(10-18-16(11)17)19-12(2)3-4-13-5-7-15(20)8-6-13/h5-10,12,19-20H,3-4H2,1-2H3. The van der Waals surface area contributed by atoms with Gasteiger partial charge >= 0.3 is 0 Å². The third-order valence-corrected chi connectivity index (χ3v) is 3.63. The Kier molecular flexibility index (Phi) is 4.85. The van der Waals surface area contributed by atoms with E-state index in [1.165, 1.54) is 5.56 Å². The molecule has 1 atom stereocenters. The number of aryl methyl sites for hydroxylation is 2. The topological polar surface area (TPSA) is 45.1 Å². The summed E-state index contributed by atoms with van der Waals surface area (Å²) in [5.74, 6) is 0.308. The molecule has 2 aromatic rings. The van der Waals surface area contributed by atoms with Gasteiger partial charge in [0, 0.05) is 6.04 Å². The van der Waals surface area contributed by atoms with Crippen LogP contribution in [-0.4, -0.2) is 16.1 Å². The van der Waals surface area contributed by atoms with Crippen LogP contribution in [-0.2, 0) is 6.42 Å². The number of hydrogen-bond acceptors (Lipinski definition) is 3. The summed E-state index contributed by atoms with van der Waals surface area (Å²) in [5, 5.41) is 13.2. The van der Waals surface area contributed by atoms with E-state index >= 15 is 0 Å². The molecule has 0 aliphatic heterocycles. The lowest BCUT2D eigenvalue weighted by Gasteiger charge is -2.15. The third kappa shape index (κ3) is 4.14. The van der Waals surface area contributed by atoms with Crippen LogP contribution in [0.2, 0.25) is 5.15 Å². The van der Waals surface area contributed by atoms with Crippen LogP contribution in [0.1, 0.15) is 24.5 Å². The van der Waals surface area contributed by atoms with Crippen molar-refractivity contribution < 1.29 is 5.11 Å². The Morgan fingerprint density at radius 3 is 2.65 bits per heavy atom. The Hall–Kier alpha value is -1.74. The van der Waals surface area contributed by atoms with Crippen molar-refractivity contribution in [2.75, 3.05) is 5.32 Å². The number of aromatic hydroxyl groups is 1. The number of aromatic nitrogens is 1. The van der Waals surface area contributed by atoms with Crippen molar-refractivity contribution >= 4 is 17.3 Å². The summed E-state index contributed by atoms with van der Waals surface area (Å²) < 4.78 is 0. The summed E-state index contributed by atoms with van der Waals surface area (Å²) in [6.45, 7) is 4.09. The van der Waals surface area contributed by atoms with Crippen LogP contribution in [0.25, 0.3) is 0 Å². The van der Waals surface area contributed by atoms with Crippen LogP contribution < -0.4 is 5.32 Å². The lowest BCUT2D eigenvalue weighted by Crippen LogP contribution is -2.16. The molecule has 0 saturated carbocycles. The highest BCUT2D eigenvalue weighted by atomic mass is 35.5. The van der Waals surface area contributed by atoms with Gasteiger partial charge in [-0.2, -0.15) is 0 Å². The first kappa shape index (κ1) is 14.7. The molecule has 1 unspecified atom stereocenters. The van der Waals surface area contributed by atoms with Crippen LogP contribution in [0.4, 0.5) is 5.69 Å². The van der Waals surface area contributed by atoms with Gasteiger partial charge in [0.2, 0.25) is 0 Å². The smallest absolute Gasteiger partial charge is 0.132 e. The summed E-state index contributed by atoms with van der Waals surface area (Å²) in [6.07, 6.45) is 3.73. The number of rotatable bonds is 5. The van der Waals surface area contributed by atoms with Crippen molar-refractivity contribution in [1.82, 2.24) is 4.98 Å². The highest BCUT2D eigenvalue weighted by Crippen LogP contribution is 2.18. The Balaban J connectivity index is 1.87. The van der Waals surface area contributed by atoms with E-state index in [-0.39, 0.29) is 0 Å². The molecule has 0 bridgehead atoms. The predicted molar refractivity (Wildman–Crippen MR) is 83.5 cm³/mol. The second kappa shape index (κ2) is 6.62. The minimum Gasteiger partial charge on any atom is -0.508 e. The number of hydrogen-bond donors (Lipinski definition) is 2. The van der Waals surface area contributed by atoms with E-state index in [0.29, 0.717) is 16.9 Å². The van der Waals surface area contributed by atoms with E-state index in [1.54, 1.807) is 18.3 Å². The van der Waals surface area contributed by atoms with Crippen LogP contribution in [0.15, 0.2) is 36.5 Å². The number of halogens is 1. The fraction of sp³-hybridized carbons (Fsp3) is 0.312. The first-order valence-corrected chi connectivity index (χ1v) is 7.09. The highest BCUT2D eigenvalue weighted by molar-refractivity contribution is 6.30. The van der Waals surface area contributed by atoms with E-state index in [2.05, 4.69) is 17.2 Å². The zero-order valence-electron chi connectivity index (χ0n) is 11.7. The van der Waals surface area contributed by atoms with Gasteiger partial charge in [0.15, 0.2) is 0 Å². The molecule has 0 radical (unpaired) electrons. The van der Waals surface area contributed by atoms with Crippen LogP contribution in [0.5, 0.6) is 5.75 Å². The van der Waals surface area contributed by atoms with E-state index in [0.717, 1.165) is 24.1 Å². The van der Waals surface area contributed by atoms with Crippen molar-refractivity contribution in [3.63, 3.8) is 0 Å². The van der Waals surface area contributed by atoms with Crippen molar-refractivity contribution in [3.05, 3.63) is 52.8 Å². The van der Waals surface area contributed by atoms with Crippen LogP contribution >= 0.6 is 11.6 Å². The normalized spacial score (nSPS) is 12.2. The molecule has 0 fully saturated rings. The maximum atomic E-state index is 9.25. The van der Waals surface area contributed by atoms with Gasteiger partial charge in [-0.1, -0.05) is 23.7 Å². The number of pyridine rings is 1. The number of phenols is 1. The Labute approximate surface area is 124 Å². The quantitative estimate of drug-likeness (QED) is 0.812. The van der Waals surface area contributed by atoms with Gasteiger partial charge in [0.1, 0.15) is 10.9 Å². The second-order valence-corrected chi connectivity index (χ2v) is 5.44. The zero-order valence-corrected chi connectivity index (χ0v) is 12.5. The first-order valence-electron chi connectivity index (χ1n) is 6.71. The van der Waals surface area contributed by atoms with Crippen molar-refractivity contribution in [1.29, 1.82) is 0 Å². The predicted octanol–water partition coefficient (Wildman–Crippen LogP) is 4.18. The van der Waals surface area contributed by atoms with E-state index in [1.807, 2.05) is 25.1 Å². The van der Waals surface area contributed by atoms with E-state index < -0.39 is 0 Å². The van der Waals surface area contributed by atoms with Crippen molar-refractivity contribution in [3.8, 4) is 5.75 Å². The molecular weight excluding hydrogens is 272 g/mol. The fourth-order valence-electron chi connectivity index (χ4n) is 2.04. The molecule has 106 valence electrons. The van der Waals surface area contributed by atoms with Gasteiger partial charge in [-0.15, -0.1) is 0 Å². The number of anilines is 1. The van der Waals surface area contributed by atoms with Gasteiger partial charge in [0.25, 0.3) is 0 Å². The molecule has 0 saturated heterocycles. The molecule has 0 aliphatic carbocycles. The van der Waals surface area contributed by atoms with Gasteiger partial charge in [-0.25, -0.2) is 4.98 Å². The first-order chi connectivity index (χ1) is 9.54. The third-order valence-electron chi connectivity index (χ3n) is 3.23. The molecule has 0 aliphatic rings. The highest BCUT2D eigenvalue weighted by Gasteiger charge is 2.05. The molecule has 1 aromatic carbocycles. The molecular formula is C16H19ClN2O. The lowest BCUT2D eigenvalue weighted by molar-refractivity contribution is 0.475. The molecule has 2 rings (SSSR count). The summed E-state index contributed by atoms with van der Waals surface area (Å²) in [6, 6.07) is 9.70. The molecule has 2 N–H and O–H groups in total. The number of phenolic OH excluding ortho intramolecular Hbond substituents is 1. The minimum atomic E-state index is 0.308. The SMILES string of the molecule is Cc1cc(NC(C)CCc2ccc(O)cc2)cnc1Cl. The van der Waals surface area contributed by atoms with Gasteiger partial charge in [0.05, 0.1) is 11.9 Å². The average molecular weight is 291 g/mol.